The Balaban J connectivity index is 2.08. The lowest BCUT2D eigenvalue weighted by atomic mass is 10.1. The van der Waals surface area contributed by atoms with Crippen LogP contribution in [-0.4, -0.2) is 29.6 Å². The van der Waals surface area contributed by atoms with Gasteiger partial charge in [-0.1, -0.05) is 24.3 Å². The predicted molar refractivity (Wildman–Crippen MR) is 83.8 cm³/mol. The molecule has 2 N–H and O–H groups in total. The summed E-state index contributed by atoms with van der Waals surface area (Å²) in [7, 11) is 0. The lowest BCUT2D eigenvalue weighted by Gasteiger charge is -2.23. The van der Waals surface area contributed by atoms with Crippen molar-refractivity contribution < 1.29 is 0 Å². The molecule has 1 fully saturated rings. The van der Waals surface area contributed by atoms with Gasteiger partial charge in [-0.3, -0.25) is 0 Å². The fourth-order valence-electron chi connectivity index (χ4n) is 2.61. The minimum absolute atomic E-state index is 0.545. The molecule has 1 aromatic carbocycles. The van der Waals surface area contributed by atoms with Crippen molar-refractivity contribution in [2.45, 2.75) is 13.0 Å². The number of nitrogens with two attached hydrogens (primary N) is 1. The summed E-state index contributed by atoms with van der Waals surface area (Å²) in [4.78, 5) is 7.10. The number of hydrogen-bond donors (Lipinski definition) is 1. The fourth-order valence-corrected chi connectivity index (χ4v) is 3.50. The minimum Gasteiger partial charge on any atom is -0.355 e. The number of thioether (sulfide) groups is 1. The van der Waals surface area contributed by atoms with Gasteiger partial charge in [-0.15, -0.1) is 0 Å². The van der Waals surface area contributed by atoms with Gasteiger partial charge in [0.15, 0.2) is 0 Å². The fraction of sp³-hybridized carbons (Fsp3) is 0.400. The largest absolute Gasteiger partial charge is 0.355 e. The average molecular weight is 273 g/mol. The molecule has 1 saturated heterocycles. The van der Waals surface area contributed by atoms with Crippen molar-refractivity contribution >= 4 is 28.4 Å². The average Bonchev–Trinajstić information content (AvgIpc) is 2.75. The molecule has 4 heteroatoms. The molecular formula is C15H19N3S. The zero-order valence-electron chi connectivity index (χ0n) is 11.0. The summed E-state index contributed by atoms with van der Waals surface area (Å²) in [5.74, 6) is 3.57. The third kappa shape index (κ3) is 2.55. The number of nitrogens with zero attached hydrogens (tertiary/aromatic N) is 2. The molecule has 0 amide bonds. The highest BCUT2D eigenvalue weighted by atomic mass is 32.2. The molecule has 2 heterocycles. The second kappa shape index (κ2) is 5.80. The van der Waals surface area contributed by atoms with Crippen LogP contribution in [0.4, 0.5) is 5.82 Å². The van der Waals surface area contributed by atoms with Crippen molar-refractivity contribution in [2.24, 2.45) is 5.73 Å². The molecule has 1 aliphatic rings. The van der Waals surface area contributed by atoms with Gasteiger partial charge in [0.05, 0.1) is 0 Å². The first-order chi connectivity index (χ1) is 9.40. The Morgan fingerprint density at radius 2 is 2.00 bits per heavy atom. The third-order valence-electron chi connectivity index (χ3n) is 3.60. The topological polar surface area (TPSA) is 42.1 Å². The van der Waals surface area contributed by atoms with Crippen LogP contribution in [0, 0.1) is 0 Å². The summed E-state index contributed by atoms with van der Waals surface area (Å²) >= 11 is 2.04. The molecule has 1 aliphatic heterocycles. The number of aromatic nitrogens is 1. The Morgan fingerprint density at radius 1 is 1.16 bits per heavy atom. The van der Waals surface area contributed by atoms with E-state index in [9.17, 15) is 0 Å². The normalized spacial score (nSPS) is 16.6. The molecule has 2 aromatic rings. The molecule has 0 spiro atoms. The van der Waals surface area contributed by atoms with E-state index < -0.39 is 0 Å². The lowest BCUT2D eigenvalue weighted by Crippen LogP contribution is -2.26. The standard InChI is InChI=1S/C15H19N3S/c16-10-12-11-17-15(14-5-2-1-4-13(12)14)18-6-3-8-19-9-7-18/h1-2,4-5,11H,3,6-10,16H2. The van der Waals surface area contributed by atoms with Gasteiger partial charge in [0.1, 0.15) is 5.82 Å². The molecule has 0 aliphatic carbocycles. The molecule has 19 heavy (non-hydrogen) atoms. The van der Waals surface area contributed by atoms with Crippen LogP contribution < -0.4 is 10.6 Å². The van der Waals surface area contributed by atoms with E-state index in [2.05, 4.69) is 34.1 Å². The van der Waals surface area contributed by atoms with Crippen molar-refractivity contribution in [3.8, 4) is 0 Å². The van der Waals surface area contributed by atoms with E-state index in [1.54, 1.807) is 0 Å². The third-order valence-corrected chi connectivity index (χ3v) is 4.65. The maximum absolute atomic E-state index is 5.81. The first-order valence-electron chi connectivity index (χ1n) is 6.79. The smallest absolute Gasteiger partial charge is 0.136 e. The highest BCUT2D eigenvalue weighted by molar-refractivity contribution is 7.99. The van der Waals surface area contributed by atoms with Gasteiger partial charge in [-0.2, -0.15) is 11.8 Å². The minimum atomic E-state index is 0.545. The van der Waals surface area contributed by atoms with E-state index in [-0.39, 0.29) is 0 Å². The maximum atomic E-state index is 5.81. The summed E-state index contributed by atoms with van der Waals surface area (Å²) in [5.41, 5.74) is 6.94. The summed E-state index contributed by atoms with van der Waals surface area (Å²) in [6.07, 6.45) is 3.18. The van der Waals surface area contributed by atoms with E-state index in [0.717, 1.165) is 24.5 Å². The Morgan fingerprint density at radius 3 is 2.84 bits per heavy atom. The van der Waals surface area contributed by atoms with Gasteiger partial charge in [0, 0.05) is 37.0 Å². The van der Waals surface area contributed by atoms with Gasteiger partial charge in [-0.05, 0) is 23.1 Å². The monoisotopic (exact) mass is 273 g/mol. The second-order valence-corrected chi connectivity index (χ2v) is 6.03. The lowest BCUT2D eigenvalue weighted by molar-refractivity contribution is 0.805. The van der Waals surface area contributed by atoms with Crippen LogP contribution in [0.25, 0.3) is 10.8 Å². The Kier molecular flexibility index (Phi) is 3.89. The number of anilines is 1. The van der Waals surface area contributed by atoms with E-state index in [0.29, 0.717) is 6.54 Å². The summed E-state index contributed by atoms with van der Waals surface area (Å²) in [6.45, 7) is 2.74. The molecular weight excluding hydrogens is 254 g/mol. The van der Waals surface area contributed by atoms with Crippen molar-refractivity contribution in [3.05, 3.63) is 36.0 Å². The van der Waals surface area contributed by atoms with Gasteiger partial charge in [0.25, 0.3) is 0 Å². The van der Waals surface area contributed by atoms with Gasteiger partial charge in [-0.25, -0.2) is 4.98 Å². The highest BCUT2D eigenvalue weighted by Crippen LogP contribution is 2.28. The molecule has 100 valence electrons. The first-order valence-corrected chi connectivity index (χ1v) is 7.95. The van der Waals surface area contributed by atoms with E-state index in [1.165, 1.54) is 28.7 Å². The van der Waals surface area contributed by atoms with E-state index in [4.69, 9.17) is 5.73 Å². The van der Waals surface area contributed by atoms with E-state index >= 15 is 0 Å². The number of rotatable bonds is 2. The Labute approximate surface area is 118 Å². The molecule has 0 atom stereocenters. The molecule has 1 aromatic heterocycles. The highest BCUT2D eigenvalue weighted by Gasteiger charge is 2.15. The zero-order valence-corrected chi connectivity index (χ0v) is 11.8. The van der Waals surface area contributed by atoms with Crippen LogP contribution in [0.3, 0.4) is 0 Å². The quantitative estimate of drug-likeness (QED) is 0.913. The van der Waals surface area contributed by atoms with Crippen molar-refractivity contribution in [1.29, 1.82) is 0 Å². The van der Waals surface area contributed by atoms with Gasteiger partial charge < -0.3 is 10.6 Å². The number of fused-ring (bicyclic) bond motifs is 1. The van der Waals surface area contributed by atoms with Crippen LogP contribution in [-0.2, 0) is 6.54 Å². The summed E-state index contributed by atoms with van der Waals surface area (Å²) in [6, 6.07) is 8.47. The molecule has 3 rings (SSSR count). The summed E-state index contributed by atoms with van der Waals surface area (Å²) < 4.78 is 0. The Bertz CT molecular complexity index is 562. The maximum Gasteiger partial charge on any atom is 0.136 e. The van der Waals surface area contributed by atoms with Gasteiger partial charge >= 0.3 is 0 Å². The summed E-state index contributed by atoms with van der Waals surface area (Å²) in [5, 5.41) is 2.48. The Hall–Kier alpha value is -1.26. The van der Waals surface area contributed by atoms with Crippen molar-refractivity contribution in [1.82, 2.24) is 4.98 Å². The molecule has 0 saturated carbocycles. The van der Waals surface area contributed by atoms with Crippen LogP contribution in [0.2, 0.25) is 0 Å². The van der Waals surface area contributed by atoms with Gasteiger partial charge in [0.2, 0.25) is 0 Å². The zero-order chi connectivity index (χ0) is 13.1. The SMILES string of the molecule is NCc1cnc(N2CCCSCC2)c2ccccc12. The van der Waals surface area contributed by atoms with Crippen LogP contribution >= 0.6 is 11.8 Å². The predicted octanol–water partition coefficient (Wildman–Crippen LogP) is 2.64. The van der Waals surface area contributed by atoms with E-state index in [1.807, 2.05) is 18.0 Å². The van der Waals surface area contributed by atoms with Crippen LogP contribution in [0.5, 0.6) is 0 Å². The number of hydrogen-bond acceptors (Lipinski definition) is 4. The van der Waals surface area contributed by atoms with Crippen LogP contribution in [0.1, 0.15) is 12.0 Å². The molecule has 0 radical (unpaired) electrons. The first kappa shape index (κ1) is 12.8. The number of benzene rings is 1. The second-order valence-electron chi connectivity index (χ2n) is 4.81. The van der Waals surface area contributed by atoms with Crippen LogP contribution in [0.15, 0.2) is 30.5 Å². The van der Waals surface area contributed by atoms with Crippen molar-refractivity contribution in [2.75, 3.05) is 29.5 Å². The van der Waals surface area contributed by atoms with Crippen molar-refractivity contribution in [3.63, 3.8) is 0 Å². The molecule has 0 unspecified atom stereocenters. The molecule has 3 nitrogen and oxygen atoms in total. The number of pyridine rings is 1. The molecule has 0 bridgehead atoms.